The van der Waals surface area contributed by atoms with E-state index in [0.717, 1.165) is 45.0 Å². The number of carbonyl (C=O) groups is 3. The SMILES string of the molecule is CCN1CCO[C@@H]2CN(Cc3ccccn3)C[C@@H]2C1.O=C(O)C(F)(F)F.O=C(O)C(F)(F)F.O=C(O)C(F)(F)F. The quantitative estimate of drug-likeness (QED) is 0.442. The third-order valence-electron chi connectivity index (χ3n) is 4.98. The summed E-state index contributed by atoms with van der Waals surface area (Å²) in [7, 11) is 0. The van der Waals surface area contributed by atoms with E-state index in [1.54, 1.807) is 0 Å². The van der Waals surface area contributed by atoms with Crippen molar-refractivity contribution in [3.8, 4) is 0 Å². The normalized spacial score (nSPS) is 19.8. The van der Waals surface area contributed by atoms with Crippen LogP contribution in [0.3, 0.4) is 0 Å². The van der Waals surface area contributed by atoms with Crippen molar-refractivity contribution in [2.24, 2.45) is 5.92 Å². The first-order valence-corrected chi connectivity index (χ1v) is 11.0. The monoisotopic (exact) mass is 603 g/mol. The van der Waals surface area contributed by atoms with E-state index in [9.17, 15) is 39.5 Å². The maximum absolute atomic E-state index is 10.6. The van der Waals surface area contributed by atoms with Crippen molar-refractivity contribution in [3.63, 3.8) is 0 Å². The van der Waals surface area contributed by atoms with Crippen molar-refractivity contribution in [2.75, 3.05) is 39.3 Å². The fraction of sp³-hybridized carbons (Fsp3) is 0.619. The van der Waals surface area contributed by atoms with Gasteiger partial charge in [0.1, 0.15) is 0 Å². The van der Waals surface area contributed by atoms with Crippen LogP contribution in [0, 0.1) is 5.92 Å². The summed E-state index contributed by atoms with van der Waals surface area (Å²) in [6, 6.07) is 6.14. The molecule has 230 valence electrons. The Kier molecular flexibility index (Phi) is 14.9. The van der Waals surface area contributed by atoms with E-state index in [2.05, 4.69) is 33.8 Å². The fourth-order valence-electron chi connectivity index (χ4n) is 3.18. The second kappa shape index (κ2) is 16.2. The predicted octanol–water partition coefficient (Wildman–Crippen LogP) is 3.13. The number of rotatable bonds is 3. The minimum Gasteiger partial charge on any atom is -0.475 e. The molecule has 1 aromatic rings. The van der Waals surface area contributed by atoms with E-state index in [4.69, 9.17) is 34.4 Å². The molecule has 0 bridgehead atoms. The van der Waals surface area contributed by atoms with Gasteiger partial charge < -0.3 is 25.0 Å². The topological polar surface area (TPSA) is 140 Å². The second-order valence-electron chi connectivity index (χ2n) is 7.99. The van der Waals surface area contributed by atoms with Gasteiger partial charge in [-0.3, -0.25) is 9.88 Å². The number of aromatic nitrogens is 1. The maximum atomic E-state index is 10.6. The molecule has 0 aromatic carbocycles. The minimum absolute atomic E-state index is 0.417. The van der Waals surface area contributed by atoms with E-state index in [0.29, 0.717) is 12.0 Å². The number of fused-ring (bicyclic) bond motifs is 1. The Balaban J connectivity index is 0.000000603. The van der Waals surface area contributed by atoms with Gasteiger partial charge in [-0.2, -0.15) is 39.5 Å². The van der Waals surface area contributed by atoms with Crippen molar-refractivity contribution in [1.29, 1.82) is 0 Å². The number of hydrogen-bond acceptors (Lipinski definition) is 7. The van der Waals surface area contributed by atoms with Crippen molar-refractivity contribution in [1.82, 2.24) is 14.8 Å². The highest BCUT2D eigenvalue weighted by molar-refractivity contribution is 5.73. The molecular formula is C21H26F9N3O7. The molecule has 0 aliphatic carbocycles. The molecule has 2 atom stereocenters. The van der Waals surface area contributed by atoms with Crippen LogP contribution in [-0.2, 0) is 25.7 Å². The van der Waals surface area contributed by atoms with Crippen molar-refractivity contribution >= 4 is 17.9 Å². The van der Waals surface area contributed by atoms with Crippen LogP contribution in [-0.4, -0.2) is 112 Å². The van der Waals surface area contributed by atoms with Gasteiger partial charge >= 0.3 is 36.4 Å². The molecule has 2 aliphatic rings. The van der Waals surface area contributed by atoms with E-state index in [1.165, 1.54) is 6.54 Å². The molecule has 2 saturated heterocycles. The number of nitrogens with zero attached hydrogens (tertiary/aromatic N) is 3. The first-order chi connectivity index (χ1) is 18.2. The highest BCUT2D eigenvalue weighted by atomic mass is 19.4. The molecular weight excluding hydrogens is 577 g/mol. The Bertz CT molecular complexity index is 872. The molecule has 0 saturated carbocycles. The number of halogens is 9. The summed E-state index contributed by atoms with van der Waals surface area (Å²) in [6.07, 6.45) is -13.0. The average molecular weight is 603 g/mol. The van der Waals surface area contributed by atoms with Gasteiger partial charge in [0.05, 0.1) is 18.4 Å². The summed E-state index contributed by atoms with van der Waals surface area (Å²) >= 11 is 0. The van der Waals surface area contributed by atoms with E-state index in [1.807, 2.05) is 12.3 Å². The number of carboxylic acids is 3. The Labute approximate surface area is 220 Å². The molecule has 10 nitrogen and oxygen atoms in total. The molecule has 1 aromatic heterocycles. The van der Waals surface area contributed by atoms with E-state index < -0.39 is 36.4 Å². The van der Waals surface area contributed by atoms with Crippen molar-refractivity contribution in [3.05, 3.63) is 30.1 Å². The molecule has 0 radical (unpaired) electrons. The van der Waals surface area contributed by atoms with Crippen molar-refractivity contribution in [2.45, 2.75) is 38.1 Å². The van der Waals surface area contributed by atoms with Gasteiger partial charge in [0, 0.05) is 44.8 Å². The lowest BCUT2D eigenvalue weighted by Gasteiger charge is -2.21. The van der Waals surface area contributed by atoms with Gasteiger partial charge in [-0.15, -0.1) is 0 Å². The molecule has 2 aliphatic heterocycles. The summed E-state index contributed by atoms with van der Waals surface area (Å²) < 4.78 is 101. The summed E-state index contributed by atoms with van der Waals surface area (Å²) in [5.41, 5.74) is 1.16. The zero-order valence-electron chi connectivity index (χ0n) is 20.6. The van der Waals surface area contributed by atoms with Crippen LogP contribution < -0.4 is 0 Å². The van der Waals surface area contributed by atoms with Crippen molar-refractivity contribution < 1.29 is 74.0 Å². The van der Waals surface area contributed by atoms with Gasteiger partial charge in [0.25, 0.3) is 0 Å². The summed E-state index contributed by atoms with van der Waals surface area (Å²) in [5, 5.41) is 21.4. The van der Waals surface area contributed by atoms with E-state index >= 15 is 0 Å². The van der Waals surface area contributed by atoms with Crippen LogP contribution in [0.1, 0.15) is 12.6 Å². The Hall–Kier alpha value is -3.19. The molecule has 40 heavy (non-hydrogen) atoms. The average Bonchev–Trinajstić information content (AvgIpc) is 3.08. The third kappa shape index (κ3) is 15.4. The molecule has 0 spiro atoms. The minimum atomic E-state index is -5.08. The number of likely N-dealkylation sites (N-methyl/N-ethyl adjacent to an activating group) is 1. The van der Waals surface area contributed by atoms with Crippen LogP contribution in [0.4, 0.5) is 39.5 Å². The molecule has 2 fully saturated rings. The van der Waals surface area contributed by atoms with E-state index in [-0.39, 0.29) is 0 Å². The number of pyridine rings is 1. The summed E-state index contributed by atoms with van der Waals surface area (Å²) in [4.78, 5) is 36.1. The Morgan fingerprint density at radius 3 is 1.68 bits per heavy atom. The smallest absolute Gasteiger partial charge is 0.475 e. The number of carboxylic acid groups (broad SMARTS) is 3. The van der Waals surface area contributed by atoms with Crippen LogP contribution in [0.25, 0.3) is 0 Å². The zero-order valence-corrected chi connectivity index (χ0v) is 20.6. The number of aliphatic carboxylic acids is 3. The number of hydrogen-bond donors (Lipinski definition) is 3. The second-order valence-corrected chi connectivity index (χ2v) is 7.99. The Morgan fingerprint density at radius 2 is 1.30 bits per heavy atom. The van der Waals surface area contributed by atoms with Crippen LogP contribution >= 0.6 is 0 Å². The molecule has 3 N–H and O–H groups in total. The number of ether oxygens (including phenoxy) is 1. The largest absolute Gasteiger partial charge is 0.490 e. The van der Waals surface area contributed by atoms with Crippen LogP contribution in [0.2, 0.25) is 0 Å². The number of likely N-dealkylation sites (tertiary alicyclic amines) is 1. The van der Waals surface area contributed by atoms with Gasteiger partial charge in [0.15, 0.2) is 0 Å². The molecule has 3 rings (SSSR count). The molecule has 0 amide bonds. The maximum Gasteiger partial charge on any atom is 0.490 e. The summed E-state index contributed by atoms with van der Waals surface area (Å²) in [6.45, 7) is 9.66. The molecule has 19 heteroatoms. The predicted molar refractivity (Wildman–Crippen MR) is 116 cm³/mol. The summed E-state index contributed by atoms with van der Waals surface area (Å²) in [5.74, 6) is -7.61. The highest BCUT2D eigenvalue weighted by Gasteiger charge is 2.39. The van der Waals surface area contributed by atoms with Crippen LogP contribution in [0.15, 0.2) is 24.4 Å². The highest BCUT2D eigenvalue weighted by Crippen LogP contribution is 2.24. The van der Waals surface area contributed by atoms with Gasteiger partial charge in [0.2, 0.25) is 0 Å². The first-order valence-electron chi connectivity index (χ1n) is 11.0. The van der Waals surface area contributed by atoms with Crippen LogP contribution in [0.5, 0.6) is 0 Å². The third-order valence-corrected chi connectivity index (χ3v) is 4.98. The number of alkyl halides is 9. The van der Waals surface area contributed by atoms with Gasteiger partial charge in [-0.05, 0) is 18.7 Å². The standard InChI is InChI=1S/C15H23N3O.3C2HF3O2/c1-2-17-7-8-19-15-12-18(10-13(15)9-17)11-14-5-3-4-6-16-14;3*3-2(4,5)1(6)7/h3-6,13,15H,2,7-12H2,1H3;3*(H,6,7)/t13-,15+;;;/m0.../s1. The fourth-order valence-corrected chi connectivity index (χ4v) is 3.18. The molecule has 3 heterocycles. The lowest BCUT2D eigenvalue weighted by atomic mass is 10.1. The zero-order chi connectivity index (χ0) is 31.3. The Morgan fingerprint density at radius 1 is 0.850 bits per heavy atom. The lowest BCUT2D eigenvalue weighted by Crippen LogP contribution is -2.32. The van der Waals surface area contributed by atoms with Gasteiger partial charge in [-0.25, -0.2) is 14.4 Å². The first kappa shape index (κ1) is 36.8. The lowest BCUT2D eigenvalue weighted by molar-refractivity contribution is -0.193. The van der Waals surface area contributed by atoms with Gasteiger partial charge in [-0.1, -0.05) is 13.0 Å². The molecule has 0 unspecified atom stereocenters.